The quantitative estimate of drug-likeness (QED) is 0.350. The minimum Gasteiger partial charge on any atom is -0.465 e. The topological polar surface area (TPSA) is 151 Å². The second-order valence-electron chi connectivity index (χ2n) is 4.38. The highest BCUT2D eigenvalue weighted by Gasteiger charge is 2.11. The average Bonchev–Trinajstić information content (AvgIpc) is 2.51. The van der Waals surface area contributed by atoms with Crippen LogP contribution in [0.15, 0.2) is 40.9 Å². The van der Waals surface area contributed by atoms with E-state index in [1.807, 2.05) is 0 Å². The summed E-state index contributed by atoms with van der Waals surface area (Å²) >= 11 is 0. The molecule has 0 heterocycles. The van der Waals surface area contributed by atoms with Gasteiger partial charge >= 0.3 is 5.97 Å². The first-order chi connectivity index (χ1) is 11.3. The predicted octanol–water partition coefficient (Wildman–Crippen LogP) is -0.167. The molecule has 0 atom stereocenters. The van der Waals surface area contributed by atoms with E-state index in [9.17, 15) is 18.0 Å². The van der Waals surface area contributed by atoms with Gasteiger partial charge < -0.3 is 15.4 Å². The van der Waals surface area contributed by atoms with Gasteiger partial charge in [-0.15, -0.1) is 0 Å². The summed E-state index contributed by atoms with van der Waals surface area (Å²) in [6.45, 7) is 1.70. The normalized spacial score (nSPS) is 11.3. The minimum absolute atomic E-state index is 0.104. The molecule has 9 nitrogen and oxygen atoms in total. The van der Waals surface area contributed by atoms with Crippen LogP contribution >= 0.6 is 0 Å². The van der Waals surface area contributed by atoms with E-state index < -0.39 is 21.9 Å². The predicted molar refractivity (Wildman–Crippen MR) is 84.8 cm³/mol. The highest BCUT2D eigenvalue weighted by molar-refractivity contribution is 7.89. The van der Waals surface area contributed by atoms with E-state index in [4.69, 9.17) is 10.4 Å². The van der Waals surface area contributed by atoms with Gasteiger partial charge in [0.25, 0.3) is 5.91 Å². The van der Waals surface area contributed by atoms with E-state index in [2.05, 4.69) is 15.4 Å². The van der Waals surface area contributed by atoms with E-state index in [0.29, 0.717) is 0 Å². The van der Waals surface area contributed by atoms with Crippen molar-refractivity contribution in [1.82, 2.24) is 5.32 Å². The van der Waals surface area contributed by atoms with E-state index in [0.717, 1.165) is 6.20 Å². The molecule has 0 bridgehead atoms. The van der Waals surface area contributed by atoms with Crippen LogP contribution in [-0.4, -0.2) is 33.4 Å². The molecule has 0 fully saturated rings. The Hall–Kier alpha value is -2.90. The van der Waals surface area contributed by atoms with Gasteiger partial charge in [0.1, 0.15) is 18.2 Å². The third-order valence-corrected chi connectivity index (χ3v) is 3.53. The number of hydrogen-bond donors (Lipinski definition) is 3. The Morgan fingerprint density at radius 3 is 2.46 bits per heavy atom. The Morgan fingerprint density at radius 2 is 1.96 bits per heavy atom. The molecule has 0 aliphatic rings. The van der Waals surface area contributed by atoms with Crippen LogP contribution in [0.25, 0.3) is 0 Å². The lowest BCUT2D eigenvalue weighted by molar-refractivity contribution is -0.141. The summed E-state index contributed by atoms with van der Waals surface area (Å²) in [7, 11) is -3.82. The SMILES string of the molecule is CCOC(=O)CN/C=C(/C#N)C(=O)Nc1ccc(S(N)(=O)=O)cc1. The zero-order valence-corrected chi connectivity index (χ0v) is 13.6. The summed E-state index contributed by atoms with van der Waals surface area (Å²) < 4.78 is 26.9. The maximum atomic E-state index is 11.9. The van der Waals surface area contributed by atoms with Crippen molar-refractivity contribution in [1.29, 1.82) is 5.26 Å². The minimum atomic E-state index is -3.82. The summed E-state index contributed by atoms with van der Waals surface area (Å²) in [5, 5.41) is 18.8. The molecule has 0 saturated carbocycles. The Balaban J connectivity index is 2.71. The molecule has 10 heteroatoms. The number of sulfonamides is 1. The van der Waals surface area contributed by atoms with Gasteiger partial charge in [0.05, 0.1) is 11.5 Å². The monoisotopic (exact) mass is 352 g/mol. The molecule has 0 aliphatic carbocycles. The molecule has 4 N–H and O–H groups in total. The summed E-state index contributed by atoms with van der Waals surface area (Å²) in [5.74, 6) is -1.25. The summed E-state index contributed by atoms with van der Waals surface area (Å²) in [5.41, 5.74) is 0.00811. The fourth-order valence-corrected chi connectivity index (χ4v) is 2.04. The molecule has 0 saturated heterocycles. The maximum absolute atomic E-state index is 11.9. The average molecular weight is 352 g/mol. The van der Waals surface area contributed by atoms with E-state index in [1.165, 1.54) is 24.3 Å². The van der Waals surface area contributed by atoms with Crippen molar-refractivity contribution in [2.24, 2.45) is 5.14 Å². The van der Waals surface area contributed by atoms with Gasteiger partial charge in [0, 0.05) is 11.9 Å². The van der Waals surface area contributed by atoms with Gasteiger partial charge in [-0.1, -0.05) is 0 Å². The first kappa shape index (κ1) is 19.1. The van der Waals surface area contributed by atoms with Crippen LogP contribution < -0.4 is 15.8 Å². The molecule has 0 spiro atoms. The fourth-order valence-electron chi connectivity index (χ4n) is 1.52. The van der Waals surface area contributed by atoms with Crippen LogP contribution in [0.5, 0.6) is 0 Å². The van der Waals surface area contributed by atoms with Crippen molar-refractivity contribution in [3.05, 3.63) is 36.0 Å². The number of amides is 1. The number of rotatable bonds is 7. The van der Waals surface area contributed by atoms with Crippen LogP contribution in [0, 0.1) is 11.3 Å². The largest absolute Gasteiger partial charge is 0.465 e. The first-order valence-electron chi connectivity index (χ1n) is 6.71. The number of nitrogens with zero attached hydrogens (tertiary/aromatic N) is 1. The number of ether oxygens (including phenoxy) is 1. The molecule has 0 aromatic heterocycles. The zero-order valence-electron chi connectivity index (χ0n) is 12.8. The number of hydrogen-bond acceptors (Lipinski definition) is 7. The summed E-state index contributed by atoms with van der Waals surface area (Å²) in [6.07, 6.45) is 1.09. The number of esters is 1. The number of nitrogens with one attached hydrogen (secondary N) is 2. The highest BCUT2D eigenvalue weighted by atomic mass is 32.2. The van der Waals surface area contributed by atoms with Crippen molar-refractivity contribution in [3.8, 4) is 6.07 Å². The Labute approximate surface area is 139 Å². The maximum Gasteiger partial charge on any atom is 0.325 e. The second-order valence-corrected chi connectivity index (χ2v) is 5.94. The lowest BCUT2D eigenvalue weighted by Crippen LogP contribution is -2.22. The smallest absolute Gasteiger partial charge is 0.325 e. The van der Waals surface area contributed by atoms with Crippen molar-refractivity contribution in [2.45, 2.75) is 11.8 Å². The van der Waals surface area contributed by atoms with Gasteiger partial charge in [-0.05, 0) is 31.2 Å². The lowest BCUT2D eigenvalue weighted by atomic mass is 10.2. The molecule has 1 aromatic carbocycles. The third-order valence-electron chi connectivity index (χ3n) is 2.60. The molecule has 1 amide bonds. The Bertz CT molecular complexity index is 778. The standard InChI is InChI=1S/C14H16N4O5S/c1-2-23-13(19)9-17-8-10(7-15)14(20)18-11-3-5-12(6-4-11)24(16,21)22/h3-6,8,17H,2,9H2,1H3,(H,18,20)(H2,16,21,22)/b10-8-. The van der Waals surface area contributed by atoms with Gasteiger partial charge in [-0.3, -0.25) is 9.59 Å². The van der Waals surface area contributed by atoms with Gasteiger partial charge in [-0.2, -0.15) is 5.26 Å². The fraction of sp³-hybridized carbons (Fsp3) is 0.214. The van der Waals surface area contributed by atoms with Gasteiger partial charge in [0.15, 0.2) is 0 Å². The molecule has 1 rings (SSSR count). The number of nitrogens with two attached hydrogens (primary N) is 1. The summed E-state index contributed by atoms with van der Waals surface area (Å²) in [6, 6.07) is 6.79. The van der Waals surface area contributed by atoms with Crippen molar-refractivity contribution in [3.63, 3.8) is 0 Å². The molecule has 128 valence electrons. The number of anilines is 1. The van der Waals surface area contributed by atoms with Crippen LogP contribution in [0.2, 0.25) is 0 Å². The molecule has 24 heavy (non-hydrogen) atoms. The molecule has 0 aliphatic heterocycles. The van der Waals surface area contributed by atoms with E-state index in [-0.39, 0.29) is 29.3 Å². The molecular formula is C14H16N4O5S. The van der Waals surface area contributed by atoms with Crippen molar-refractivity contribution < 1.29 is 22.7 Å². The first-order valence-corrected chi connectivity index (χ1v) is 8.26. The van der Waals surface area contributed by atoms with Crippen LogP contribution in [0.4, 0.5) is 5.69 Å². The van der Waals surface area contributed by atoms with Gasteiger partial charge in [0.2, 0.25) is 10.0 Å². The molecule has 1 aromatic rings. The second kappa shape index (κ2) is 8.66. The molecule has 0 unspecified atom stereocenters. The molecule has 0 radical (unpaired) electrons. The van der Waals surface area contributed by atoms with Crippen LogP contribution in [0.1, 0.15) is 6.92 Å². The van der Waals surface area contributed by atoms with Gasteiger partial charge in [-0.25, -0.2) is 13.6 Å². The number of nitriles is 1. The van der Waals surface area contributed by atoms with Crippen LogP contribution in [-0.2, 0) is 24.3 Å². The number of primary sulfonamides is 1. The number of benzene rings is 1. The number of carbonyl (C=O) groups excluding carboxylic acids is 2. The van der Waals surface area contributed by atoms with E-state index in [1.54, 1.807) is 13.0 Å². The third kappa shape index (κ3) is 6.07. The highest BCUT2D eigenvalue weighted by Crippen LogP contribution is 2.13. The lowest BCUT2D eigenvalue weighted by Gasteiger charge is -2.06. The van der Waals surface area contributed by atoms with Crippen molar-refractivity contribution >= 4 is 27.6 Å². The summed E-state index contributed by atoms with van der Waals surface area (Å²) in [4.78, 5) is 23.0. The molecular weight excluding hydrogens is 336 g/mol. The van der Waals surface area contributed by atoms with E-state index >= 15 is 0 Å². The number of carbonyl (C=O) groups is 2. The Kier molecular flexibility index (Phi) is 6.91. The Morgan fingerprint density at radius 1 is 1.33 bits per heavy atom. The van der Waals surface area contributed by atoms with Crippen molar-refractivity contribution in [2.75, 3.05) is 18.5 Å². The van der Waals surface area contributed by atoms with Crippen LogP contribution in [0.3, 0.4) is 0 Å². The zero-order chi connectivity index (χ0) is 18.2.